The lowest BCUT2D eigenvalue weighted by molar-refractivity contribution is -0.0315. The third-order valence-corrected chi connectivity index (χ3v) is 4.45. The molecule has 0 aliphatic carbocycles. The van der Waals surface area contributed by atoms with Crippen LogP contribution in [0.25, 0.3) is 0 Å². The SMILES string of the molecule is CCCn1ccnc1CN1CCO[C@@H](Cc2cccc(OC)c2)C1. The normalized spacial score (nSPS) is 18.7. The van der Waals surface area contributed by atoms with E-state index in [2.05, 4.69) is 39.7 Å². The maximum absolute atomic E-state index is 5.97. The van der Waals surface area contributed by atoms with Crippen molar-refractivity contribution in [3.8, 4) is 5.75 Å². The summed E-state index contributed by atoms with van der Waals surface area (Å²) in [6.45, 7) is 6.81. The van der Waals surface area contributed by atoms with Gasteiger partial charge in [0.05, 0.1) is 26.4 Å². The molecule has 0 amide bonds. The summed E-state index contributed by atoms with van der Waals surface area (Å²) >= 11 is 0. The smallest absolute Gasteiger partial charge is 0.122 e. The summed E-state index contributed by atoms with van der Waals surface area (Å²) in [6, 6.07) is 8.25. The van der Waals surface area contributed by atoms with Gasteiger partial charge in [0.15, 0.2) is 0 Å². The molecule has 0 saturated carbocycles. The number of methoxy groups -OCH3 is 1. The molecule has 130 valence electrons. The van der Waals surface area contributed by atoms with Crippen LogP contribution >= 0.6 is 0 Å². The number of morpholine rings is 1. The van der Waals surface area contributed by atoms with Crippen molar-refractivity contribution >= 4 is 0 Å². The Balaban J connectivity index is 1.58. The molecular weight excluding hydrogens is 302 g/mol. The predicted octanol–water partition coefficient (Wildman–Crippen LogP) is 2.75. The maximum atomic E-state index is 5.97. The molecule has 1 saturated heterocycles. The van der Waals surface area contributed by atoms with Gasteiger partial charge in [-0.2, -0.15) is 0 Å². The monoisotopic (exact) mass is 329 g/mol. The van der Waals surface area contributed by atoms with E-state index in [0.717, 1.165) is 57.2 Å². The van der Waals surface area contributed by atoms with E-state index in [4.69, 9.17) is 9.47 Å². The van der Waals surface area contributed by atoms with Gasteiger partial charge in [0, 0.05) is 38.4 Å². The first-order valence-electron chi connectivity index (χ1n) is 8.75. The fraction of sp³-hybridized carbons (Fsp3) is 0.526. The van der Waals surface area contributed by atoms with E-state index in [1.54, 1.807) is 7.11 Å². The van der Waals surface area contributed by atoms with Crippen molar-refractivity contribution < 1.29 is 9.47 Å². The number of imidazole rings is 1. The van der Waals surface area contributed by atoms with Gasteiger partial charge in [-0.05, 0) is 24.1 Å². The van der Waals surface area contributed by atoms with Crippen molar-refractivity contribution in [1.29, 1.82) is 0 Å². The van der Waals surface area contributed by atoms with E-state index < -0.39 is 0 Å². The molecule has 1 atom stereocenters. The summed E-state index contributed by atoms with van der Waals surface area (Å²) < 4.78 is 13.5. The van der Waals surface area contributed by atoms with E-state index in [-0.39, 0.29) is 6.10 Å². The van der Waals surface area contributed by atoms with Crippen LogP contribution in [0, 0.1) is 0 Å². The first kappa shape index (κ1) is 17.0. The molecule has 2 heterocycles. The van der Waals surface area contributed by atoms with Crippen LogP contribution in [-0.2, 0) is 24.2 Å². The molecule has 1 aromatic carbocycles. The summed E-state index contributed by atoms with van der Waals surface area (Å²) in [5.74, 6) is 2.06. The van der Waals surface area contributed by atoms with Crippen LogP contribution in [0.15, 0.2) is 36.7 Å². The van der Waals surface area contributed by atoms with E-state index in [0.29, 0.717) is 0 Å². The highest BCUT2D eigenvalue weighted by molar-refractivity contribution is 5.28. The van der Waals surface area contributed by atoms with Crippen molar-refractivity contribution in [2.75, 3.05) is 26.8 Å². The minimum Gasteiger partial charge on any atom is -0.497 e. The van der Waals surface area contributed by atoms with Gasteiger partial charge >= 0.3 is 0 Å². The number of ether oxygens (including phenoxy) is 2. The summed E-state index contributed by atoms with van der Waals surface area (Å²) in [5, 5.41) is 0. The van der Waals surface area contributed by atoms with E-state index in [1.165, 1.54) is 5.56 Å². The van der Waals surface area contributed by atoms with E-state index in [1.807, 2.05) is 18.3 Å². The number of hydrogen-bond donors (Lipinski definition) is 0. The van der Waals surface area contributed by atoms with Crippen molar-refractivity contribution in [3.63, 3.8) is 0 Å². The molecule has 0 N–H and O–H groups in total. The highest BCUT2D eigenvalue weighted by atomic mass is 16.5. The molecule has 2 aromatic rings. The Morgan fingerprint density at radius 2 is 2.29 bits per heavy atom. The predicted molar refractivity (Wildman–Crippen MR) is 94.2 cm³/mol. The Hall–Kier alpha value is -1.85. The van der Waals surface area contributed by atoms with Crippen LogP contribution in [0.5, 0.6) is 5.75 Å². The largest absolute Gasteiger partial charge is 0.497 e. The molecule has 3 rings (SSSR count). The fourth-order valence-corrected chi connectivity index (χ4v) is 3.25. The minimum atomic E-state index is 0.223. The first-order valence-corrected chi connectivity index (χ1v) is 8.75. The van der Waals surface area contributed by atoms with Gasteiger partial charge in [0.25, 0.3) is 0 Å². The quantitative estimate of drug-likeness (QED) is 0.783. The topological polar surface area (TPSA) is 39.5 Å². The number of nitrogens with zero attached hydrogens (tertiary/aromatic N) is 3. The fourth-order valence-electron chi connectivity index (χ4n) is 3.25. The third-order valence-electron chi connectivity index (χ3n) is 4.45. The van der Waals surface area contributed by atoms with E-state index >= 15 is 0 Å². The maximum Gasteiger partial charge on any atom is 0.122 e. The van der Waals surface area contributed by atoms with Gasteiger partial charge in [0.2, 0.25) is 0 Å². The van der Waals surface area contributed by atoms with Crippen LogP contribution in [0.1, 0.15) is 24.7 Å². The molecule has 0 spiro atoms. The summed E-state index contributed by atoms with van der Waals surface area (Å²) in [5.41, 5.74) is 1.26. The summed E-state index contributed by atoms with van der Waals surface area (Å²) in [6.07, 6.45) is 6.24. The molecule has 1 aromatic heterocycles. The van der Waals surface area contributed by atoms with Crippen molar-refractivity contribution in [2.45, 2.75) is 39.0 Å². The van der Waals surface area contributed by atoms with Crippen LogP contribution in [0.2, 0.25) is 0 Å². The zero-order valence-electron chi connectivity index (χ0n) is 14.6. The number of hydrogen-bond acceptors (Lipinski definition) is 4. The molecule has 1 fully saturated rings. The number of aromatic nitrogens is 2. The third kappa shape index (κ3) is 4.36. The molecule has 0 unspecified atom stereocenters. The molecule has 1 aliphatic heterocycles. The van der Waals surface area contributed by atoms with Crippen LogP contribution < -0.4 is 4.74 Å². The Morgan fingerprint density at radius 3 is 3.12 bits per heavy atom. The number of aryl methyl sites for hydroxylation is 1. The molecule has 24 heavy (non-hydrogen) atoms. The number of rotatable bonds is 7. The van der Waals surface area contributed by atoms with Crippen molar-refractivity contribution in [2.24, 2.45) is 0 Å². The van der Waals surface area contributed by atoms with E-state index in [9.17, 15) is 0 Å². The van der Waals surface area contributed by atoms with Crippen molar-refractivity contribution in [3.05, 3.63) is 48.0 Å². The van der Waals surface area contributed by atoms with Crippen LogP contribution in [0.4, 0.5) is 0 Å². The van der Waals surface area contributed by atoms with Gasteiger partial charge in [-0.25, -0.2) is 4.98 Å². The van der Waals surface area contributed by atoms with Gasteiger partial charge in [-0.15, -0.1) is 0 Å². The van der Waals surface area contributed by atoms with Gasteiger partial charge in [-0.1, -0.05) is 19.1 Å². The van der Waals surface area contributed by atoms with Gasteiger partial charge < -0.3 is 14.0 Å². The van der Waals surface area contributed by atoms with Gasteiger partial charge in [0.1, 0.15) is 11.6 Å². The zero-order valence-corrected chi connectivity index (χ0v) is 14.6. The minimum absolute atomic E-state index is 0.223. The highest BCUT2D eigenvalue weighted by Crippen LogP contribution is 2.18. The second-order valence-corrected chi connectivity index (χ2v) is 6.32. The Morgan fingerprint density at radius 1 is 1.38 bits per heavy atom. The second-order valence-electron chi connectivity index (χ2n) is 6.32. The average molecular weight is 329 g/mol. The lowest BCUT2D eigenvalue weighted by Crippen LogP contribution is -2.43. The Kier molecular flexibility index (Phi) is 5.88. The molecule has 0 radical (unpaired) electrons. The lowest BCUT2D eigenvalue weighted by Gasteiger charge is -2.33. The molecule has 1 aliphatic rings. The average Bonchev–Trinajstić information content (AvgIpc) is 3.03. The van der Waals surface area contributed by atoms with Crippen LogP contribution in [0.3, 0.4) is 0 Å². The highest BCUT2D eigenvalue weighted by Gasteiger charge is 2.22. The zero-order chi connectivity index (χ0) is 16.8. The van der Waals surface area contributed by atoms with Gasteiger partial charge in [-0.3, -0.25) is 4.90 Å². The Bertz CT molecular complexity index is 641. The molecule has 5 nitrogen and oxygen atoms in total. The second kappa shape index (κ2) is 8.31. The number of benzene rings is 1. The molecule has 0 bridgehead atoms. The Labute approximate surface area is 144 Å². The van der Waals surface area contributed by atoms with Crippen molar-refractivity contribution in [1.82, 2.24) is 14.5 Å². The summed E-state index contributed by atoms with van der Waals surface area (Å²) in [7, 11) is 1.70. The summed E-state index contributed by atoms with van der Waals surface area (Å²) in [4.78, 5) is 6.97. The lowest BCUT2D eigenvalue weighted by atomic mass is 10.1. The first-order chi connectivity index (χ1) is 11.8. The standard InChI is InChI=1S/C19H27N3O2/c1-3-8-22-9-7-20-19(22)15-21-10-11-24-18(14-21)13-16-5-4-6-17(12-16)23-2/h4-7,9,12,18H,3,8,10-11,13-15H2,1-2H3/t18-/m0/s1. The molecule has 5 heteroatoms. The molecular formula is C19H27N3O2. The van der Waals surface area contributed by atoms with Crippen LogP contribution in [-0.4, -0.2) is 47.4 Å².